The van der Waals surface area contributed by atoms with Gasteiger partial charge in [-0.15, -0.1) is 0 Å². The van der Waals surface area contributed by atoms with Crippen molar-refractivity contribution in [3.05, 3.63) is 27.2 Å². The second-order valence-corrected chi connectivity index (χ2v) is 7.78. The van der Waals surface area contributed by atoms with Gasteiger partial charge in [0.15, 0.2) is 0 Å². The molecular weight excluding hydrogens is 343 g/mol. The first-order valence-corrected chi connectivity index (χ1v) is 8.81. The van der Waals surface area contributed by atoms with Crippen molar-refractivity contribution >= 4 is 44.8 Å². The van der Waals surface area contributed by atoms with Gasteiger partial charge in [-0.05, 0) is 25.0 Å². The average molecular weight is 358 g/mol. The Morgan fingerprint density at radius 3 is 2.35 bits per heavy atom. The van der Waals surface area contributed by atoms with Crippen LogP contribution in [0.2, 0.25) is 15.1 Å². The molecule has 0 aliphatic carbocycles. The molecule has 4 nitrogen and oxygen atoms in total. The lowest BCUT2D eigenvalue weighted by Gasteiger charge is -2.34. The maximum Gasteiger partial charge on any atom is 0.246 e. The number of nitrogens with two attached hydrogens (primary N) is 1. The van der Waals surface area contributed by atoms with Crippen LogP contribution in [-0.2, 0) is 10.0 Å². The molecule has 1 aliphatic heterocycles. The van der Waals surface area contributed by atoms with E-state index in [9.17, 15) is 8.42 Å². The van der Waals surface area contributed by atoms with Crippen LogP contribution >= 0.6 is 34.8 Å². The largest absolute Gasteiger partial charge is 0.329 e. The molecule has 1 fully saturated rings. The molecule has 0 bridgehead atoms. The van der Waals surface area contributed by atoms with Crippen LogP contribution in [0.15, 0.2) is 17.0 Å². The highest BCUT2D eigenvalue weighted by Gasteiger charge is 2.35. The number of rotatable bonds is 3. The molecule has 0 amide bonds. The van der Waals surface area contributed by atoms with Gasteiger partial charge in [0.1, 0.15) is 4.90 Å². The summed E-state index contributed by atoms with van der Waals surface area (Å²) in [4.78, 5) is -0.0921. The van der Waals surface area contributed by atoms with E-state index in [1.807, 2.05) is 0 Å². The van der Waals surface area contributed by atoms with Gasteiger partial charge in [0.05, 0.1) is 10.0 Å². The van der Waals surface area contributed by atoms with Crippen molar-refractivity contribution in [1.29, 1.82) is 0 Å². The van der Waals surface area contributed by atoms with E-state index in [1.54, 1.807) is 0 Å². The number of hydrogen-bond donors (Lipinski definition) is 1. The maximum atomic E-state index is 12.8. The molecule has 0 spiro atoms. The molecule has 8 heteroatoms. The maximum absolute atomic E-state index is 12.8. The van der Waals surface area contributed by atoms with Gasteiger partial charge in [-0.25, -0.2) is 8.42 Å². The Morgan fingerprint density at radius 1 is 1.20 bits per heavy atom. The van der Waals surface area contributed by atoms with Crippen molar-refractivity contribution in [2.24, 2.45) is 5.73 Å². The standard InChI is InChI=1S/C12H15Cl3N2O2S/c13-8-5-10(14)12(11(15)6-8)20(18,19)17-4-2-1-3-9(17)7-16/h5-6,9H,1-4,7,16H2. The molecule has 1 atom stereocenters. The van der Waals surface area contributed by atoms with Gasteiger partial charge < -0.3 is 5.73 Å². The van der Waals surface area contributed by atoms with Gasteiger partial charge in [-0.3, -0.25) is 0 Å². The van der Waals surface area contributed by atoms with Crippen molar-refractivity contribution in [2.45, 2.75) is 30.2 Å². The fraction of sp³-hybridized carbons (Fsp3) is 0.500. The topological polar surface area (TPSA) is 63.4 Å². The van der Waals surface area contributed by atoms with E-state index in [1.165, 1.54) is 16.4 Å². The molecule has 1 aliphatic rings. The van der Waals surface area contributed by atoms with Gasteiger partial charge in [-0.2, -0.15) is 4.31 Å². The number of hydrogen-bond acceptors (Lipinski definition) is 3. The minimum atomic E-state index is -3.77. The van der Waals surface area contributed by atoms with E-state index >= 15 is 0 Å². The first-order valence-electron chi connectivity index (χ1n) is 6.24. The molecule has 20 heavy (non-hydrogen) atoms. The first-order chi connectivity index (χ1) is 9.37. The predicted octanol–water partition coefficient (Wildman–Crippen LogP) is 3.15. The fourth-order valence-electron chi connectivity index (χ4n) is 2.42. The zero-order valence-electron chi connectivity index (χ0n) is 10.7. The molecular formula is C12H15Cl3N2O2S. The first kappa shape index (κ1) is 16.3. The van der Waals surface area contributed by atoms with E-state index in [0.717, 1.165) is 19.3 Å². The summed E-state index contributed by atoms with van der Waals surface area (Å²) in [5, 5.41) is 0.362. The third-order valence-electron chi connectivity index (χ3n) is 3.37. The molecule has 0 radical (unpaired) electrons. The fourth-order valence-corrected chi connectivity index (χ4v) is 5.62. The summed E-state index contributed by atoms with van der Waals surface area (Å²) in [6.45, 7) is 0.710. The van der Waals surface area contributed by atoms with Crippen LogP contribution in [0.1, 0.15) is 19.3 Å². The number of halogens is 3. The van der Waals surface area contributed by atoms with Crippen LogP contribution in [0.3, 0.4) is 0 Å². The summed E-state index contributed by atoms with van der Waals surface area (Å²) in [6, 6.07) is 2.54. The normalized spacial score (nSPS) is 21.1. The third-order valence-corrected chi connectivity index (χ3v) is 6.47. The molecule has 1 aromatic carbocycles. The molecule has 1 saturated heterocycles. The Morgan fingerprint density at radius 2 is 1.80 bits per heavy atom. The molecule has 0 saturated carbocycles. The molecule has 1 unspecified atom stereocenters. The number of sulfonamides is 1. The lowest BCUT2D eigenvalue weighted by molar-refractivity contribution is 0.257. The summed E-state index contributed by atoms with van der Waals surface area (Å²) >= 11 is 17.9. The minimum absolute atomic E-state index is 0.0313. The second-order valence-electron chi connectivity index (χ2n) is 4.70. The van der Waals surface area contributed by atoms with Crippen LogP contribution in [0.5, 0.6) is 0 Å². The lowest BCUT2D eigenvalue weighted by atomic mass is 10.1. The monoisotopic (exact) mass is 356 g/mol. The number of nitrogens with zero attached hydrogens (tertiary/aromatic N) is 1. The summed E-state index contributed by atoms with van der Waals surface area (Å²) in [7, 11) is -3.77. The van der Waals surface area contributed by atoms with E-state index in [2.05, 4.69) is 0 Å². The zero-order chi connectivity index (χ0) is 14.9. The third kappa shape index (κ3) is 3.08. The Bertz CT molecular complexity index is 584. The molecule has 112 valence electrons. The van der Waals surface area contributed by atoms with E-state index < -0.39 is 10.0 Å². The molecule has 1 heterocycles. The number of benzene rings is 1. The van der Waals surface area contributed by atoms with Crippen molar-refractivity contribution in [1.82, 2.24) is 4.31 Å². The molecule has 2 N–H and O–H groups in total. The van der Waals surface area contributed by atoms with Crippen molar-refractivity contribution in [3.8, 4) is 0 Å². The molecule has 0 aromatic heterocycles. The van der Waals surface area contributed by atoms with Gasteiger partial charge >= 0.3 is 0 Å². The summed E-state index contributed by atoms with van der Waals surface area (Å²) in [5.41, 5.74) is 5.68. The SMILES string of the molecule is NCC1CCCCN1S(=O)(=O)c1c(Cl)cc(Cl)cc1Cl. The summed E-state index contributed by atoms with van der Waals surface area (Å²) < 4.78 is 26.9. The highest BCUT2D eigenvalue weighted by molar-refractivity contribution is 7.89. The number of piperidine rings is 1. The van der Waals surface area contributed by atoms with Crippen molar-refractivity contribution < 1.29 is 8.42 Å². The molecule has 2 rings (SSSR count). The highest BCUT2D eigenvalue weighted by Crippen LogP contribution is 2.36. The van der Waals surface area contributed by atoms with Gasteiger partial charge in [0.2, 0.25) is 10.0 Å². The second kappa shape index (κ2) is 6.38. The minimum Gasteiger partial charge on any atom is -0.329 e. The van der Waals surface area contributed by atoms with Gasteiger partial charge in [0.25, 0.3) is 0 Å². The summed E-state index contributed by atoms with van der Waals surface area (Å²) in [6.07, 6.45) is 2.52. The highest BCUT2D eigenvalue weighted by atomic mass is 35.5. The van der Waals surface area contributed by atoms with Crippen LogP contribution in [0.25, 0.3) is 0 Å². The average Bonchev–Trinajstić information content (AvgIpc) is 2.37. The van der Waals surface area contributed by atoms with Crippen LogP contribution in [0.4, 0.5) is 0 Å². The lowest BCUT2D eigenvalue weighted by Crippen LogP contribution is -2.47. The smallest absolute Gasteiger partial charge is 0.246 e. The molecule has 1 aromatic rings. The Balaban J connectivity index is 2.49. The quantitative estimate of drug-likeness (QED) is 0.904. The zero-order valence-corrected chi connectivity index (χ0v) is 13.7. The van der Waals surface area contributed by atoms with Gasteiger partial charge in [-0.1, -0.05) is 41.2 Å². The van der Waals surface area contributed by atoms with Crippen LogP contribution < -0.4 is 5.73 Å². The van der Waals surface area contributed by atoms with Gasteiger partial charge in [0, 0.05) is 24.2 Å². The summed E-state index contributed by atoms with van der Waals surface area (Å²) in [5.74, 6) is 0. The van der Waals surface area contributed by atoms with Crippen LogP contribution in [0, 0.1) is 0 Å². The predicted molar refractivity (Wildman–Crippen MR) is 82.1 cm³/mol. The van der Waals surface area contributed by atoms with Crippen molar-refractivity contribution in [3.63, 3.8) is 0 Å². The van der Waals surface area contributed by atoms with E-state index in [4.69, 9.17) is 40.5 Å². The Labute approximate surface area is 133 Å². The van der Waals surface area contributed by atoms with Crippen molar-refractivity contribution in [2.75, 3.05) is 13.1 Å². The van der Waals surface area contributed by atoms with E-state index in [-0.39, 0.29) is 27.5 Å². The Kier molecular flexibility index (Phi) is 5.21. The van der Waals surface area contributed by atoms with Crippen LogP contribution in [-0.4, -0.2) is 31.9 Å². The Hall–Kier alpha value is -0.0400. The van der Waals surface area contributed by atoms with E-state index in [0.29, 0.717) is 11.6 Å².